The minimum Gasteiger partial charge on any atom is -1.00 e. The van der Waals surface area contributed by atoms with Gasteiger partial charge in [-0.2, -0.15) is 31.5 Å². The van der Waals surface area contributed by atoms with Crippen molar-refractivity contribution in [2.75, 3.05) is 55.7 Å². The van der Waals surface area contributed by atoms with E-state index in [1.165, 1.54) is 98.2 Å². The molecule has 628 valence electrons. The van der Waals surface area contributed by atoms with Gasteiger partial charge in [0.25, 0.3) is 0 Å². The number of nitrogens with zero attached hydrogens (tertiary/aromatic N) is 8. The van der Waals surface area contributed by atoms with Crippen molar-refractivity contribution in [2.24, 2.45) is 0 Å². The number of aryl methyl sites for hydroxylation is 2. The molecule has 5 aliphatic rings. The fraction of sp³-hybridized carbons (Fsp3) is 0.322. The van der Waals surface area contributed by atoms with E-state index in [9.17, 15) is 51.3 Å². The van der Waals surface area contributed by atoms with Crippen molar-refractivity contribution in [1.82, 2.24) is 20.8 Å². The third-order valence-electron chi connectivity index (χ3n) is 20.6. The van der Waals surface area contributed by atoms with Gasteiger partial charge in [0.2, 0.25) is 32.9 Å². The summed E-state index contributed by atoms with van der Waals surface area (Å²) in [6, 6.07) is 59.0. The van der Waals surface area contributed by atoms with Gasteiger partial charge in [-0.05, 0) is 123 Å². The van der Waals surface area contributed by atoms with Crippen molar-refractivity contribution < 1.29 is 122 Å². The maximum Gasteiger partial charge on any atom is -1.00 e. The first-order chi connectivity index (χ1) is 53.4. The summed E-state index contributed by atoms with van der Waals surface area (Å²) in [7, 11) is -6.54. The Morgan fingerprint density at radius 3 is 1.31 bits per heavy atom. The fourth-order valence-electron chi connectivity index (χ4n) is 14.5. The molecule has 7 heterocycles. The van der Waals surface area contributed by atoms with Gasteiger partial charge in [0.15, 0.2) is 28.7 Å². The summed E-state index contributed by atoms with van der Waals surface area (Å²) in [5.41, 5.74) is 24.6. The predicted molar refractivity (Wildman–Crippen MR) is 447 cm³/mol. The van der Waals surface area contributed by atoms with Crippen molar-refractivity contribution in [3.05, 3.63) is 275 Å². The van der Waals surface area contributed by atoms with Crippen LogP contribution in [0.5, 0.6) is 0 Å². The zero-order chi connectivity index (χ0) is 84.7. The average molecular weight is 1900 g/mol. The van der Waals surface area contributed by atoms with Crippen molar-refractivity contribution in [3.63, 3.8) is 0 Å². The Kier molecular flexibility index (Phi) is 29.9. The molecule has 14 rings (SSSR count). The molecule has 30 heteroatoms. The van der Waals surface area contributed by atoms with Crippen LogP contribution in [0.25, 0.3) is 0 Å². The summed E-state index contributed by atoms with van der Waals surface area (Å²) in [4.78, 5) is -0.178. The Labute approximate surface area is 718 Å². The van der Waals surface area contributed by atoms with E-state index in [1.807, 2.05) is 56.7 Å². The molecule has 0 spiro atoms. The Hall–Kier alpha value is -8.88. The number of allylic oxidation sites excluding steroid dienone is 4. The van der Waals surface area contributed by atoms with Gasteiger partial charge in [-0.1, -0.05) is 172 Å². The molecule has 16 nitrogen and oxygen atoms in total. The number of anilines is 4. The Bertz CT molecular complexity index is 5270. The Balaban J connectivity index is 0.000000200. The second-order valence-corrected chi connectivity index (χ2v) is 36.1. The zero-order valence-electron chi connectivity index (χ0n) is 68.7. The molecule has 0 unspecified atom stereocenters. The van der Waals surface area contributed by atoms with E-state index >= 15 is 0 Å². The van der Waals surface area contributed by atoms with Crippen LogP contribution in [-0.4, -0.2) is 104 Å². The van der Waals surface area contributed by atoms with E-state index < -0.39 is 29.1 Å². The van der Waals surface area contributed by atoms with Crippen molar-refractivity contribution in [1.29, 1.82) is 0 Å². The third-order valence-corrected chi connectivity index (χ3v) is 22.3. The maximum atomic E-state index is 12.5. The summed E-state index contributed by atoms with van der Waals surface area (Å²) in [5, 5.41) is 21.5. The van der Waals surface area contributed by atoms with E-state index in [4.69, 9.17) is 4.52 Å². The molecular weight excluding hydrogens is 1800 g/mol. The van der Waals surface area contributed by atoms with Crippen LogP contribution in [0.2, 0.25) is 0 Å². The number of benzene rings is 7. The van der Waals surface area contributed by atoms with Crippen LogP contribution in [0.1, 0.15) is 152 Å². The van der Waals surface area contributed by atoms with Gasteiger partial charge in [0.1, 0.15) is 44.1 Å². The van der Waals surface area contributed by atoms with Gasteiger partial charge in [0, 0.05) is 119 Å². The van der Waals surface area contributed by atoms with E-state index in [2.05, 4.69) is 323 Å². The predicted octanol–water partition coefficient (Wildman–Crippen LogP) is 16.7. The molecule has 9 aromatic rings. The molecule has 0 saturated heterocycles. The number of rotatable bonds is 14. The molecular formula is C87H102F9I2N12O4PS2. The summed E-state index contributed by atoms with van der Waals surface area (Å²) < 4.78 is 142. The summed E-state index contributed by atoms with van der Waals surface area (Å²) in [6.45, 7) is 31.5. The van der Waals surface area contributed by atoms with Crippen molar-refractivity contribution >= 4 is 97.2 Å². The van der Waals surface area contributed by atoms with Crippen LogP contribution in [0.3, 0.4) is 0 Å². The standard InChI is InChI=1S/C22H25N3.C22H26N2.C20H25N3O.C16H15F3N4S.C7H8O3S.F6P.2HI/c1-22(2)18-11-5-7-13-20(18)24(3)21(22)14-15-23-25-16-8-10-17-9-4-6-12-19(17)25;1-16(2)17-10-12-18(13-11-17)23-15-14-21-22(3,4)19-8-6-7-9-20(19)24(21)5;1-19(2,3)17-13-18(22-24-17)21-12-11-16-20(4,5)14-9-7-8-10-15(14)23(16)6;1-15(2)10-6-4-5-7-11(10)23(3)12(15)8-9-20-14-22-21-13(24-14)16(17,18)19;1-6-2-4-7(5-3-6)11(8,9)10;1-7(2,3,4,5)6;;/h4-7,9,11-15H,8,10,16H2,1-3H3;6-16H,1-5H3;7-13H,1-6H3;4-9H,1-3H3;2-5H,1H3,(H,8,9,10);;2*1H/q;;;;;-1;;/p+1. The number of para-hydroxylation sites is 5. The van der Waals surface area contributed by atoms with E-state index in [0.717, 1.165) is 40.8 Å². The van der Waals surface area contributed by atoms with Gasteiger partial charge in [-0.3, -0.25) is 5.01 Å². The minimum atomic E-state index is -10.7. The molecule has 4 N–H and O–H groups in total. The fourth-order valence-corrected chi connectivity index (χ4v) is 15.5. The number of halogens is 11. The number of hydrogen-bond acceptors (Lipinski definition) is 13. The maximum absolute atomic E-state index is 12.5. The van der Waals surface area contributed by atoms with Crippen LogP contribution in [0, 0.1) is 6.92 Å². The number of aromatic nitrogens is 3. The molecule has 0 amide bonds. The molecule has 7 aromatic carbocycles. The van der Waals surface area contributed by atoms with Crippen LogP contribution in [0.4, 0.5) is 83.4 Å². The van der Waals surface area contributed by atoms with Gasteiger partial charge in [0.05, 0.1) is 32.2 Å². The van der Waals surface area contributed by atoms with E-state index in [1.54, 1.807) is 18.3 Å². The SMILES string of the molecule is CC(C)c1ccc(NC=CC2=[N+](C)c3ccccc3C2(C)C)cc1.C[N+]1=C(C=CNN2CCCc3ccccc32)C(C)(C)c2ccccc21.C[N+]1=C(C=CNc2cc(C(C)(C)C)on2)C(C)(C)c2ccccc21.C[N+]1=C(C=CNc2nnc(C(F)(F)F)s2)C(C)(C)c2ccccc21.Cc1ccc(S(=O)(=O)[O-])cc1.F[P-](F)(F)(F)(F)F.[I-].[I-]. The van der Waals surface area contributed by atoms with Gasteiger partial charge >= 0.3 is 39.2 Å². The molecule has 0 atom stereocenters. The van der Waals surface area contributed by atoms with Crippen LogP contribution in [0.15, 0.2) is 234 Å². The monoisotopic (exact) mass is 1900 g/mol. The molecule has 0 fully saturated rings. The molecule has 0 radical (unpaired) electrons. The molecule has 117 heavy (non-hydrogen) atoms. The first-order valence-electron chi connectivity index (χ1n) is 37.3. The molecule has 5 aliphatic heterocycles. The first kappa shape index (κ1) is 95.3. The smallest absolute Gasteiger partial charge is 1.00 e. The van der Waals surface area contributed by atoms with Gasteiger partial charge in [-0.25, -0.2) is 8.42 Å². The Morgan fingerprint density at radius 1 is 0.547 bits per heavy atom. The molecule has 0 aliphatic carbocycles. The largest absolute Gasteiger partial charge is 1.00 e. The van der Waals surface area contributed by atoms with Crippen LogP contribution in [-0.2, 0) is 49.8 Å². The number of hydrazine groups is 1. The quantitative estimate of drug-likeness (QED) is 0.0267. The molecule has 2 aromatic heterocycles. The second-order valence-electron chi connectivity index (χ2n) is 31.9. The van der Waals surface area contributed by atoms with Gasteiger partial charge in [-0.15, -0.1) is 10.2 Å². The summed E-state index contributed by atoms with van der Waals surface area (Å²) in [5.74, 6) is 2.17. The van der Waals surface area contributed by atoms with Crippen molar-refractivity contribution in [2.45, 2.75) is 154 Å². The van der Waals surface area contributed by atoms with Gasteiger partial charge < -0.3 is 78.4 Å². The van der Waals surface area contributed by atoms with Crippen molar-refractivity contribution in [3.8, 4) is 0 Å². The topological polar surface area (TPSA) is 172 Å². The molecule has 0 saturated carbocycles. The average Bonchev–Trinajstić information content (AvgIpc) is 1.62. The number of nitrogens with one attached hydrogen (secondary N) is 4. The number of alkyl halides is 3. The number of fused-ring (bicyclic) bond motifs is 5. The normalized spacial score (nSPS) is 16.6. The van der Waals surface area contributed by atoms with Crippen LogP contribution < -0.4 is 74.3 Å². The minimum absolute atomic E-state index is 0. The first-order valence-corrected chi connectivity index (χ1v) is 41.6. The summed E-state index contributed by atoms with van der Waals surface area (Å²) in [6.07, 6.45) is 13.9. The zero-order valence-corrected chi connectivity index (χ0v) is 75.5. The Morgan fingerprint density at radius 2 is 0.932 bits per heavy atom. The third kappa shape index (κ3) is 24.4. The van der Waals surface area contributed by atoms with E-state index in [-0.39, 0.29) is 85.1 Å². The summed E-state index contributed by atoms with van der Waals surface area (Å²) >= 11 is 0.478. The van der Waals surface area contributed by atoms with E-state index in [0.29, 0.717) is 17.3 Å². The second kappa shape index (κ2) is 36.8. The number of hydrogen-bond donors (Lipinski definition) is 4. The van der Waals surface area contributed by atoms with Crippen LogP contribution >= 0.6 is 19.1 Å². The molecule has 0 bridgehead atoms.